The number of hydrogen-bond acceptors (Lipinski definition) is 5. The van der Waals surface area contributed by atoms with E-state index in [2.05, 4.69) is 4.72 Å². The number of rotatable bonds is 5. The second kappa shape index (κ2) is 8.85. The highest BCUT2D eigenvalue weighted by Crippen LogP contribution is 2.41. The van der Waals surface area contributed by atoms with E-state index in [1.165, 1.54) is 24.6 Å². The lowest BCUT2D eigenvalue weighted by atomic mass is 9.75. The summed E-state index contributed by atoms with van der Waals surface area (Å²) in [4.78, 5) is 11.8. The maximum Gasteiger partial charge on any atom is 0.416 e. The van der Waals surface area contributed by atoms with Crippen LogP contribution in [0, 0.1) is 22.0 Å². The largest absolute Gasteiger partial charge is 0.416 e. The Morgan fingerprint density at radius 3 is 2.42 bits per heavy atom. The normalized spacial score (nSPS) is 21.4. The standard InChI is InChI=1S/C22H24F3N3O4S/c23-22(24,25)17-9-10-19(27-12-11-15-5-1-2-6-16(15)14-27)18(13-17)26-33(31,32)21-8-4-3-7-20(21)28(29)30/h3-4,7-10,13,15-16,26H,1-2,5-6,11-12,14H2/t15-,16-/m0/s1. The summed E-state index contributed by atoms with van der Waals surface area (Å²) in [6, 6.07) is 7.71. The molecule has 1 N–H and O–H groups in total. The Balaban J connectivity index is 1.72. The van der Waals surface area contributed by atoms with Crippen molar-refractivity contribution in [1.29, 1.82) is 0 Å². The van der Waals surface area contributed by atoms with E-state index in [0.717, 1.165) is 49.9 Å². The molecular formula is C22H24F3N3O4S. The molecule has 0 radical (unpaired) electrons. The fourth-order valence-corrected chi connectivity index (χ4v) is 6.16. The van der Waals surface area contributed by atoms with Crippen LogP contribution in [0.2, 0.25) is 0 Å². The van der Waals surface area contributed by atoms with Crippen molar-refractivity contribution in [1.82, 2.24) is 0 Å². The smallest absolute Gasteiger partial charge is 0.370 e. The van der Waals surface area contributed by atoms with Crippen molar-refractivity contribution in [3.8, 4) is 0 Å². The van der Waals surface area contributed by atoms with Crippen molar-refractivity contribution >= 4 is 27.1 Å². The third-order valence-electron chi connectivity index (χ3n) is 6.55. The molecule has 33 heavy (non-hydrogen) atoms. The molecule has 1 saturated heterocycles. The number of nitrogens with one attached hydrogen (secondary N) is 1. The topological polar surface area (TPSA) is 92.5 Å². The molecule has 2 atom stereocenters. The van der Waals surface area contributed by atoms with Crippen LogP contribution >= 0.6 is 0 Å². The number of benzene rings is 2. The number of halogens is 3. The minimum absolute atomic E-state index is 0.239. The molecule has 1 aliphatic carbocycles. The maximum absolute atomic E-state index is 13.4. The third-order valence-corrected chi connectivity index (χ3v) is 7.96. The molecule has 2 aliphatic rings. The van der Waals surface area contributed by atoms with Gasteiger partial charge in [-0.2, -0.15) is 13.2 Å². The molecule has 7 nitrogen and oxygen atoms in total. The average Bonchev–Trinajstić information content (AvgIpc) is 2.78. The number of para-hydroxylation sites is 1. The van der Waals surface area contributed by atoms with E-state index >= 15 is 0 Å². The fourth-order valence-electron chi connectivity index (χ4n) is 4.92. The number of fused-ring (bicyclic) bond motifs is 1. The number of nitrogens with zero attached hydrogens (tertiary/aromatic N) is 2. The molecule has 0 spiro atoms. The third kappa shape index (κ3) is 4.92. The first-order valence-electron chi connectivity index (χ1n) is 10.8. The number of hydrogen-bond donors (Lipinski definition) is 1. The summed E-state index contributed by atoms with van der Waals surface area (Å²) in [5.41, 5.74) is -1.55. The van der Waals surface area contributed by atoms with Crippen LogP contribution in [0.25, 0.3) is 0 Å². The van der Waals surface area contributed by atoms with Gasteiger partial charge in [-0.3, -0.25) is 14.8 Å². The minimum Gasteiger partial charge on any atom is -0.370 e. The van der Waals surface area contributed by atoms with Crippen LogP contribution in [0.15, 0.2) is 47.4 Å². The first-order valence-corrected chi connectivity index (χ1v) is 12.3. The Morgan fingerprint density at radius 2 is 1.73 bits per heavy atom. The number of anilines is 2. The monoisotopic (exact) mass is 483 g/mol. The molecule has 0 amide bonds. The molecule has 0 aromatic heterocycles. The Hall–Kier alpha value is -2.82. The summed E-state index contributed by atoms with van der Waals surface area (Å²) in [6.45, 7) is 1.24. The molecule has 2 aromatic carbocycles. The Labute approximate surface area is 189 Å². The molecule has 1 saturated carbocycles. The Bertz CT molecular complexity index is 1150. The second-order valence-corrected chi connectivity index (χ2v) is 10.3. The number of nitro groups is 1. The molecule has 0 unspecified atom stereocenters. The Morgan fingerprint density at radius 1 is 1.03 bits per heavy atom. The molecule has 1 heterocycles. The summed E-state index contributed by atoms with van der Waals surface area (Å²) < 4.78 is 68.5. The highest BCUT2D eigenvalue weighted by Gasteiger charge is 2.35. The molecule has 4 rings (SSSR count). The summed E-state index contributed by atoms with van der Waals surface area (Å²) in [5.74, 6) is 0.992. The van der Waals surface area contributed by atoms with Gasteiger partial charge in [-0.25, -0.2) is 8.42 Å². The molecule has 2 aromatic rings. The van der Waals surface area contributed by atoms with Gasteiger partial charge >= 0.3 is 6.18 Å². The lowest BCUT2D eigenvalue weighted by molar-refractivity contribution is -0.387. The second-order valence-electron chi connectivity index (χ2n) is 8.60. The van der Waals surface area contributed by atoms with Gasteiger partial charge in [-0.15, -0.1) is 0 Å². The van der Waals surface area contributed by atoms with Gasteiger partial charge in [0.15, 0.2) is 4.90 Å². The zero-order chi connectivity index (χ0) is 23.8. The van der Waals surface area contributed by atoms with Gasteiger partial charge < -0.3 is 4.90 Å². The first-order chi connectivity index (χ1) is 15.6. The van der Waals surface area contributed by atoms with Crippen molar-refractivity contribution in [3.05, 3.63) is 58.1 Å². The zero-order valence-corrected chi connectivity index (χ0v) is 18.5. The van der Waals surface area contributed by atoms with Crippen molar-refractivity contribution in [2.45, 2.75) is 43.2 Å². The van der Waals surface area contributed by atoms with Gasteiger partial charge in [0.1, 0.15) is 0 Å². The predicted octanol–water partition coefficient (Wildman–Crippen LogP) is 5.43. The summed E-state index contributed by atoms with van der Waals surface area (Å²) >= 11 is 0. The molecular weight excluding hydrogens is 459 g/mol. The molecule has 11 heteroatoms. The highest BCUT2D eigenvalue weighted by atomic mass is 32.2. The van der Waals surface area contributed by atoms with Crippen LogP contribution in [0.5, 0.6) is 0 Å². The van der Waals surface area contributed by atoms with Crippen molar-refractivity contribution < 1.29 is 26.5 Å². The molecule has 0 bridgehead atoms. The van der Waals surface area contributed by atoms with Gasteiger partial charge in [0.05, 0.1) is 21.9 Å². The summed E-state index contributed by atoms with van der Waals surface area (Å²) in [6.07, 6.45) is 0.694. The van der Waals surface area contributed by atoms with Gasteiger partial charge in [0.25, 0.3) is 15.7 Å². The number of sulfonamides is 1. The SMILES string of the molecule is O=[N+]([O-])c1ccccc1S(=O)(=O)Nc1cc(C(F)(F)F)ccc1N1CC[C@@H]2CCCC[C@H]2C1. The van der Waals surface area contributed by atoms with Gasteiger partial charge in [-0.1, -0.05) is 31.4 Å². The van der Waals surface area contributed by atoms with E-state index in [1.54, 1.807) is 0 Å². The van der Waals surface area contributed by atoms with Crippen LogP contribution < -0.4 is 9.62 Å². The predicted molar refractivity (Wildman–Crippen MR) is 118 cm³/mol. The van der Waals surface area contributed by atoms with E-state index < -0.39 is 37.3 Å². The number of piperidine rings is 1. The van der Waals surface area contributed by atoms with Gasteiger partial charge in [-0.05, 0) is 48.9 Å². The fraction of sp³-hybridized carbons (Fsp3) is 0.455. The number of nitro benzene ring substituents is 1. The van der Waals surface area contributed by atoms with E-state index in [1.807, 2.05) is 4.90 Å². The van der Waals surface area contributed by atoms with Crippen LogP contribution in [0.1, 0.15) is 37.7 Å². The quantitative estimate of drug-likeness (QED) is 0.452. The lowest BCUT2D eigenvalue weighted by Crippen LogP contribution is -2.42. The van der Waals surface area contributed by atoms with E-state index in [0.29, 0.717) is 30.6 Å². The van der Waals surface area contributed by atoms with Crippen LogP contribution in [-0.2, 0) is 16.2 Å². The number of alkyl halides is 3. The summed E-state index contributed by atoms with van der Waals surface area (Å²) in [5, 5.41) is 11.3. The Kier molecular flexibility index (Phi) is 6.26. The van der Waals surface area contributed by atoms with Gasteiger partial charge in [0, 0.05) is 19.2 Å². The van der Waals surface area contributed by atoms with Crippen molar-refractivity contribution in [2.24, 2.45) is 11.8 Å². The van der Waals surface area contributed by atoms with Gasteiger partial charge in [0.2, 0.25) is 0 Å². The van der Waals surface area contributed by atoms with Crippen LogP contribution in [-0.4, -0.2) is 26.4 Å². The van der Waals surface area contributed by atoms with E-state index in [9.17, 15) is 31.7 Å². The summed E-state index contributed by atoms with van der Waals surface area (Å²) in [7, 11) is -4.52. The highest BCUT2D eigenvalue weighted by molar-refractivity contribution is 7.92. The average molecular weight is 484 g/mol. The minimum atomic E-state index is -4.67. The lowest BCUT2D eigenvalue weighted by Gasteiger charge is -2.42. The van der Waals surface area contributed by atoms with Crippen LogP contribution in [0.4, 0.5) is 30.2 Å². The van der Waals surface area contributed by atoms with Crippen molar-refractivity contribution in [2.75, 3.05) is 22.7 Å². The van der Waals surface area contributed by atoms with E-state index in [-0.39, 0.29) is 5.69 Å². The molecule has 2 fully saturated rings. The van der Waals surface area contributed by atoms with Crippen LogP contribution in [0.3, 0.4) is 0 Å². The van der Waals surface area contributed by atoms with E-state index in [4.69, 9.17) is 0 Å². The first kappa shape index (κ1) is 23.3. The molecule has 1 aliphatic heterocycles. The zero-order valence-electron chi connectivity index (χ0n) is 17.7. The maximum atomic E-state index is 13.4. The molecule has 178 valence electrons. The van der Waals surface area contributed by atoms with Crippen molar-refractivity contribution in [3.63, 3.8) is 0 Å².